The van der Waals surface area contributed by atoms with Gasteiger partial charge < -0.3 is 0 Å². The maximum atomic E-state index is 5.46. The van der Waals surface area contributed by atoms with Gasteiger partial charge in [-0.25, -0.2) is 9.97 Å². The lowest BCUT2D eigenvalue weighted by atomic mass is 9.93. The van der Waals surface area contributed by atoms with Gasteiger partial charge in [0.15, 0.2) is 0 Å². The number of thiophene rings is 2. The van der Waals surface area contributed by atoms with Crippen LogP contribution < -0.4 is 0 Å². The van der Waals surface area contributed by atoms with Gasteiger partial charge in [-0.15, -0.1) is 22.7 Å². The van der Waals surface area contributed by atoms with Crippen LogP contribution in [0.5, 0.6) is 0 Å². The summed E-state index contributed by atoms with van der Waals surface area (Å²) in [5.41, 5.74) is 10.6. The van der Waals surface area contributed by atoms with Crippen LogP contribution in [0.4, 0.5) is 0 Å². The first kappa shape index (κ1) is 32.3. The second kappa shape index (κ2) is 12.8. The summed E-state index contributed by atoms with van der Waals surface area (Å²) < 4.78 is 7.43. The number of hydrogen-bond donors (Lipinski definition) is 0. The largest absolute Gasteiger partial charge is 0.278 e. The van der Waals surface area contributed by atoms with Crippen LogP contribution in [0, 0.1) is 0 Å². The van der Waals surface area contributed by atoms with Crippen molar-refractivity contribution in [2.24, 2.45) is 0 Å². The van der Waals surface area contributed by atoms with Crippen LogP contribution in [0.15, 0.2) is 188 Å². The zero-order valence-corrected chi connectivity index (χ0v) is 32.2. The van der Waals surface area contributed by atoms with Gasteiger partial charge in [0, 0.05) is 62.2 Å². The normalized spacial score (nSPS) is 11.9. The summed E-state index contributed by atoms with van der Waals surface area (Å²) in [6.07, 6.45) is 0. The van der Waals surface area contributed by atoms with Gasteiger partial charge >= 0.3 is 0 Å². The summed E-state index contributed by atoms with van der Waals surface area (Å²) in [4.78, 5) is 10.8. The van der Waals surface area contributed by atoms with Crippen molar-refractivity contribution in [2.45, 2.75) is 0 Å². The predicted molar refractivity (Wildman–Crippen MR) is 244 cm³/mol. The molecule has 0 unspecified atom stereocenters. The van der Waals surface area contributed by atoms with Crippen molar-refractivity contribution in [2.75, 3.05) is 0 Å². The van der Waals surface area contributed by atoms with E-state index in [2.05, 4.69) is 193 Å². The van der Waals surface area contributed by atoms with E-state index in [4.69, 9.17) is 9.97 Å². The predicted octanol–water partition coefficient (Wildman–Crippen LogP) is 15.0. The van der Waals surface area contributed by atoms with Crippen molar-refractivity contribution in [3.8, 4) is 50.7 Å². The summed E-state index contributed by atoms with van der Waals surface area (Å²) in [5.74, 6) is 0.646. The molecule has 0 spiro atoms. The molecule has 0 aliphatic carbocycles. The van der Waals surface area contributed by atoms with Crippen molar-refractivity contribution in [3.05, 3.63) is 188 Å². The van der Waals surface area contributed by atoms with Crippen LogP contribution in [0.3, 0.4) is 0 Å². The molecule has 57 heavy (non-hydrogen) atoms. The Bertz CT molecular complexity index is 3350. The van der Waals surface area contributed by atoms with Crippen LogP contribution in [0.25, 0.3) is 113 Å². The summed E-state index contributed by atoms with van der Waals surface area (Å²) >= 11 is 3.70. The highest BCUT2D eigenvalue weighted by Gasteiger charge is 2.18. The minimum Gasteiger partial charge on any atom is -0.278 e. The molecule has 0 amide bonds. The second-order valence-corrected chi connectivity index (χ2v) is 16.8. The number of benzene rings is 8. The highest BCUT2D eigenvalue weighted by Crippen LogP contribution is 2.41. The number of nitrogens with zero attached hydrogens (tertiary/aromatic N) is 3. The van der Waals surface area contributed by atoms with E-state index >= 15 is 0 Å². The van der Waals surface area contributed by atoms with Gasteiger partial charge in [0.05, 0.1) is 22.4 Å². The Balaban J connectivity index is 1.12. The SMILES string of the molecule is c1ccc(-c2cc(-c3cc(-c4ccc5sc6ccccc6c5c4)cc(-c4ccc5sc6ccccc6c5c4)c3)nc(-n3c4ccccc4c4ccccc43)n2)cc1. The average Bonchev–Trinajstić information content (AvgIpc) is 3.95. The van der Waals surface area contributed by atoms with E-state index in [9.17, 15) is 0 Å². The van der Waals surface area contributed by atoms with Crippen molar-refractivity contribution >= 4 is 84.8 Å². The molecule has 0 radical (unpaired) electrons. The van der Waals surface area contributed by atoms with Crippen LogP contribution in [-0.2, 0) is 0 Å². The lowest BCUT2D eigenvalue weighted by molar-refractivity contribution is 0.995. The smallest absolute Gasteiger partial charge is 0.235 e. The van der Waals surface area contributed by atoms with E-state index < -0.39 is 0 Å². The highest BCUT2D eigenvalue weighted by molar-refractivity contribution is 7.26. The Hall–Kier alpha value is -6.92. The molecule has 0 saturated heterocycles. The maximum Gasteiger partial charge on any atom is 0.235 e. The van der Waals surface area contributed by atoms with E-state index in [1.807, 2.05) is 22.7 Å². The molecule has 0 N–H and O–H groups in total. The van der Waals surface area contributed by atoms with Gasteiger partial charge in [-0.1, -0.05) is 115 Å². The molecule has 12 rings (SSSR count). The summed E-state index contributed by atoms with van der Waals surface area (Å²) in [6, 6.07) is 68.0. The summed E-state index contributed by atoms with van der Waals surface area (Å²) in [6.45, 7) is 0. The lowest BCUT2D eigenvalue weighted by Crippen LogP contribution is -2.04. The zero-order chi connectivity index (χ0) is 37.5. The van der Waals surface area contributed by atoms with Crippen molar-refractivity contribution in [3.63, 3.8) is 0 Å². The molecule has 0 atom stereocenters. The third-order valence-corrected chi connectivity index (χ3v) is 13.5. The number of aromatic nitrogens is 3. The Morgan fingerprint density at radius 2 is 0.737 bits per heavy atom. The maximum absolute atomic E-state index is 5.46. The zero-order valence-electron chi connectivity index (χ0n) is 30.6. The van der Waals surface area contributed by atoms with Crippen LogP contribution in [0.2, 0.25) is 0 Å². The number of rotatable bonds is 5. The molecule has 12 aromatic rings. The molecule has 0 saturated carbocycles. The highest BCUT2D eigenvalue weighted by atomic mass is 32.1. The number of fused-ring (bicyclic) bond motifs is 9. The molecule has 266 valence electrons. The van der Waals surface area contributed by atoms with Gasteiger partial charge in [-0.2, -0.15) is 0 Å². The van der Waals surface area contributed by atoms with Crippen LogP contribution in [0.1, 0.15) is 0 Å². The van der Waals surface area contributed by atoms with E-state index in [0.717, 1.165) is 44.7 Å². The van der Waals surface area contributed by atoms with Crippen LogP contribution in [-0.4, -0.2) is 14.5 Å². The third kappa shape index (κ3) is 5.31. The van der Waals surface area contributed by atoms with Crippen molar-refractivity contribution in [1.82, 2.24) is 14.5 Å². The van der Waals surface area contributed by atoms with Gasteiger partial charge in [0.2, 0.25) is 5.95 Å². The first-order valence-corrected chi connectivity index (χ1v) is 20.8. The molecule has 0 bridgehead atoms. The van der Waals surface area contributed by atoms with Gasteiger partial charge in [-0.05, 0) is 95.1 Å². The fourth-order valence-electron chi connectivity index (χ4n) is 8.50. The Labute approximate surface area is 336 Å². The first-order chi connectivity index (χ1) is 28.2. The molecule has 5 heteroatoms. The molecule has 4 heterocycles. The quantitative estimate of drug-likeness (QED) is 0.175. The fraction of sp³-hybridized carbons (Fsp3) is 0. The minimum absolute atomic E-state index is 0.646. The van der Waals surface area contributed by atoms with E-state index in [-0.39, 0.29) is 0 Å². The molecule has 0 fully saturated rings. The molecular formula is C52H31N3S2. The number of hydrogen-bond acceptors (Lipinski definition) is 4. The van der Waals surface area contributed by atoms with Gasteiger partial charge in [0.25, 0.3) is 0 Å². The lowest BCUT2D eigenvalue weighted by Gasteiger charge is -2.14. The molecule has 3 nitrogen and oxygen atoms in total. The van der Waals surface area contributed by atoms with E-state index in [1.165, 1.54) is 62.2 Å². The van der Waals surface area contributed by atoms with Crippen LogP contribution >= 0.6 is 22.7 Å². The first-order valence-electron chi connectivity index (χ1n) is 19.1. The molecule has 8 aromatic carbocycles. The minimum atomic E-state index is 0.646. The van der Waals surface area contributed by atoms with Gasteiger partial charge in [0.1, 0.15) is 0 Å². The topological polar surface area (TPSA) is 30.7 Å². The van der Waals surface area contributed by atoms with Crippen molar-refractivity contribution < 1.29 is 0 Å². The standard InChI is InChI=1S/C52H31N3S2/c1-2-12-32(13-3-1)44-31-45(54-52(53-44)55-46-18-8-4-14-38(46)39-15-5-9-19-47(39)55)37-27-35(33-22-24-50-42(29-33)40-16-6-10-20-48(40)56-50)26-36(28-37)34-23-25-51-43(30-34)41-17-7-11-21-49(41)57-51/h1-31H. The summed E-state index contributed by atoms with van der Waals surface area (Å²) in [7, 11) is 0. The van der Waals surface area contributed by atoms with Crippen molar-refractivity contribution in [1.29, 1.82) is 0 Å². The Morgan fingerprint density at radius 3 is 1.30 bits per heavy atom. The molecule has 0 aliphatic heterocycles. The van der Waals surface area contributed by atoms with Gasteiger partial charge in [-0.3, -0.25) is 4.57 Å². The second-order valence-electron chi connectivity index (χ2n) is 14.6. The Kier molecular flexibility index (Phi) is 7.27. The van der Waals surface area contributed by atoms with E-state index in [0.29, 0.717) is 5.95 Å². The third-order valence-electron chi connectivity index (χ3n) is 11.2. The molecular weight excluding hydrogens is 731 g/mol. The molecule has 0 aliphatic rings. The average molecular weight is 762 g/mol. The Morgan fingerprint density at radius 1 is 0.298 bits per heavy atom. The van der Waals surface area contributed by atoms with E-state index in [1.54, 1.807) is 0 Å². The molecule has 4 aromatic heterocycles. The summed E-state index contributed by atoms with van der Waals surface area (Å²) in [5, 5.41) is 7.52. The monoisotopic (exact) mass is 761 g/mol. The fourth-order valence-corrected chi connectivity index (χ4v) is 10.7. The number of para-hydroxylation sites is 2.